The van der Waals surface area contributed by atoms with Gasteiger partial charge in [-0.05, 0) is 55.0 Å². The molecule has 2 heterocycles. The molecule has 2 aromatic rings. The number of hydrogen-bond acceptors (Lipinski definition) is 6. The smallest absolute Gasteiger partial charge is 0.224 e. The number of fused-ring (bicyclic) bond motifs is 1. The van der Waals surface area contributed by atoms with Crippen LogP contribution in [0.15, 0.2) is 24.3 Å². The van der Waals surface area contributed by atoms with E-state index in [0.717, 1.165) is 59.6 Å². The number of likely N-dealkylation sites (N-methyl/N-ethyl adjacent to an activating group) is 1. The summed E-state index contributed by atoms with van der Waals surface area (Å²) >= 11 is 0. The number of ketones is 1. The molecule has 9 heteroatoms. The first-order valence-electron chi connectivity index (χ1n) is 13.4. The fourth-order valence-electron chi connectivity index (χ4n) is 5.30. The van der Waals surface area contributed by atoms with Crippen molar-refractivity contribution in [2.24, 2.45) is 0 Å². The maximum absolute atomic E-state index is 13.7. The molecule has 2 aliphatic heterocycles. The Kier molecular flexibility index (Phi) is 9.69. The first-order valence-corrected chi connectivity index (χ1v) is 13.4. The highest BCUT2D eigenvalue weighted by atomic mass is 79.9. The van der Waals surface area contributed by atoms with Crippen LogP contribution in [-0.4, -0.2) is 62.8 Å². The van der Waals surface area contributed by atoms with Crippen molar-refractivity contribution in [1.29, 1.82) is 5.41 Å². The van der Waals surface area contributed by atoms with Crippen LogP contribution in [0.1, 0.15) is 73.1 Å². The summed E-state index contributed by atoms with van der Waals surface area (Å²) in [4.78, 5) is 29.9. The molecule has 1 amide bonds. The predicted octanol–water partition coefficient (Wildman–Crippen LogP) is 4.88. The third kappa shape index (κ3) is 6.40. The minimum Gasteiger partial charge on any atom is -0.494 e. The SMILES string of the molecule is Br.CCOc1cc2c(cc1CC(=O)NC)C(=N)N(CC(=O)c1cc(N3CCCC3)c(OC)c(C(C)(C)C)c1)C2. The number of nitrogens with zero attached hydrogens (tertiary/aromatic N) is 2. The average molecular weight is 602 g/mol. The Morgan fingerprint density at radius 3 is 2.38 bits per heavy atom. The molecule has 1 saturated heterocycles. The second kappa shape index (κ2) is 12.4. The molecule has 2 aromatic carbocycles. The number of amides is 1. The molecule has 2 N–H and O–H groups in total. The Bertz CT molecular complexity index is 1250. The monoisotopic (exact) mass is 600 g/mol. The number of ether oxygens (including phenoxy) is 2. The van der Waals surface area contributed by atoms with E-state index in [1.54, 1.807) is 19.1 Å². The first-order chi connectivity index (χ1) is 18.1. The van der Waals surface area contributed by atoms with E-state index in [1.807, 2.05) is 31.2 Å². The summed E-state index contributed by atoms with van der Waals surface area (Å²) in [5, 5.41) is 11.5. The van der Waals surface area contributed by atoms with E-state index in [-0.39, 0.29) is 47.1 Å². The van der Waals surface area contributed by atoms with Gasteiger partial charge in [-0.1, -0.05) is 20.8 Å². The van der Waals surface area contributed by atoms with Gasteiger partial charge in [0.25, 0.3) is 0 Å². The molecule has 212 valence electrons. The maximum Gasteiger partial charge on any atom is 0.224 e. The van der Waals surface area contributed by atoms with Crippen molar-refractivity contribution in [1.82, 2.24) is 10.2 Å². The van der Waals surface area contributed by atoms with Crippen LogP contribution in [-0.2, 0) is 23.2 Å². The third-order valence-corrected chi connectivity index (χ3v) is 7.33. The van der Waals surface area contributed by atoms with Crippen LogP contribution in [0.3, 0.4) is 0 Å². The van der Waals surface area contributed by atoms with Gasteiger partial charge in [0.05, 0.1) is 32.4 Å². The summed E-state index contributed by atoms with van der Waals surface area (Å²) in [5.74, 6) is 1.62. The van der Waals surface area contributed by atoms with Gasteiger partial charge < -0.3 is 24.6 Å². The number of nitrogens with one attached hydrogen (secondary N) is 2. The minimum absolute atomic E-state index is 0. The number of rotatable bonds is 9. The van der Waals surface area contributed by atoms with Crippen LogP contribution in [0.4, 0.5) is 5.69 Å². The van der Waals surface area contributed by atoms with E-state index >= 15 is 0 Å². The van der Waals surface area contributed by atoms with Gasteiger partial charge in [0, 0.05) is 48.9 Å². The zero-order valence-corrected chi connectivity index (χ0v) is 25.6. The van der Waals surface area contributed by atoms with E-state index in [4.69, 9.17) is 14.9 Å². The number of carbonyl (C=O) groups excluding carboxylic acids is 2. The molecule has 0 radical (unpaired) electrons. The molecule has 0 unspecified atom stereocenters. The molecular weight excluding hydrogens is 560 g/mol. The van der Waals surface area contributed by atoms with Crippen LogP contribution in [0, 0.1) is 5.41 Å². The summed E-state index contributed by atoms with van der Waals surface area (Å²) in [6.07, 6.45) is 2.42. The normalized spacial score (nSPS) is 14.7. The van der Waals surface area contributed by atoms with Crippen molar-refractivity contribution >= 4 is 40.2 Å². The van der Waals surface area contributed by atoms with Crippen LogP contribution in [0.2, 0.25) is 0 Å². The minimum atomic E-state index is -0.205. The van der Waals surface area contributed by atoms with Gasteiger partial charge in [-0.15, -0.1) is 17.0 Å². The molecule has 0 aliphatic carbocycles. The lowest BCUT2D eigenvalue weighted by Crippen LogP contribution is -2.31. The van der Waals surface area contributed by atoms with Crippen LogP contribution >= 0.6 is 17.0 Å². The van der Waals surface area contributed by atoms with Crippen molar-refractivity contribution in [3.8, 4) is 11.5 Å². The highest BCUT2D eigenvalue weighted by molar-refractivity contribution is 8.93. The standard InChI is InChI=1S/C30H40N4O4.BrH/c1-7-38-26-15-21-17-34(29(31)22(21)12-20(26)16-27(36)32-5)18-25(35)19-13-23(30(2,3)4)28(37-6)24(14-19)33-10-8-9-11-33;/h12-15,31H,7-11,16-18H2,1-6H3,(H,32,36);1H. The molecule has 2 aliphatic rings. The third-order valence-electron chi connectivity index (χ3n) is 7.33. The molecular formula is C30H41BrN4O4. The summed E-state index contributed by atoms with van der Waals surface area (Å²) in [5.41, 5.74) is 4.81. The molecule has 4 rings (SSSR count). The van der Waals surface area contributed by atoms with Gasteiger partial charge in [0.15, 0.2) is 5.78 Å². The number of hydrogen-bond donors (Lipinski definition) is 2. The molecule has 0 atom stereocenters. The summed E-state index contributed by atoms with van der Waals surface area (Å²) in [6, 6.07) is 7.69. The Morgan fingerprint density at radius 2 is 1.79 bits per heavy atom. The van der Waals surface area contributed by atoms with Crippen LogP contribution in [0.5, 0.6) is 11.5 Å². The van der Waals surface area contributed by atoms with E-state index in [9.17, 15) is 9.59 Å². The summed E-state index contributed by atoms with van der Waals surface area (Å²) < 4.78 is 11.7. The number of amidine groups is 1. The van der Waals surface area contributed by atoms with E-state index in [1.165, 1.54) is 0 Å². The molecule has 1 fully saturated rings. The number of benzene rings is 2. The van der Waals surface area contributed by atoms with E-state index in [2.05, 4.69) is 31.0 Å². The van der Waals surface area contributed by atoms with Crippen LogP contribution in [0.25, 0.3) is 0 Å². The first kappa shape index (κ1) is 30.5. The molecule has 39 heavy (non-hydrogen) atoms. The molecule has 0 spiro atoms. The van der Waals surface area contributed by atoms with Gasteiger partial charge in [-0.3, -0.25) is 15.0 Å². The Morgan fingerprint density at radius 1 is 1.10 bits per heavy atom. The fourth-order valence-corrected chi connectivity index (χ4v) is 5.30. The zero-order valence-electron chi connectivity index (χ0n) is 23.9. The number of anilines is 1. The average Bonchev–Trinajstić information content (AvgIpc) is 3.51. The maximum atomic E-state index is 13.7. The lowest BCUT2D eigenvalue weighted by molar-refractivity contribution is -0.119. The largest absolute Gasteiger partial charge is 0.494 e. The molecule has 0 saturated carbocycles. The van der Waals surface area contributed by atoms with Crippen molar-refractivity contribution < 1.29 is 19.1 Å². The van der Waals surface area contributed by atoms with Crippen molar-refractivity contribution in [2.45, 2.75) is 58.9 Å². The van der Waals surface area contributed by atoms with Crippen molar-refractivity contribution in [3.05, 3.63) is 52.1 Å². The Hall–Kier alpha value is -3.07. The summed E-state index contributed by atoms with van der Waals surface area (Å²) in [6.45, 7) is 11.2. The topological polar surface area (TPSA) is 95.0 Å². The van der Waals surface area contributed by atoms with E-state index < -0.39 is 0 Å². The van der Waals surface area contributed by atoms with Crippen molar-refractivity contribution in [2.75, 3.05) is 45.3 Å². The molecule has 0 bridgehead atoms. The highest BCUT2D eigenvalue weighted by Gasteiger charge is 2.31. The Labute approximate surface area is 242 Å². The quantitative estimate of drug-likeness (QED) is 0.398. The second-order valence-corrected chi connectivity index (χ2v) is 11.0. The predicted molar refractivity (Wildman–Crippen MR) is 160 cm³/mol. The van der Waals surface area contributed by atoms with Gasteiger partial charge >= 0.3 is 0 Å². The Balaban J connectivity index is 0.00000420. The second-order valence-electron chi connectivity index (χ2n) is 11.0. The lowest BCUT2D eigenvalue weighted by atomic mass is 9.84. The zero-order chi connectivity index (χ0) is 27.6. The number of halogens is 1. The number of carbonyl (C=O) groups is 2. The fraction of sp³-hybridized carbons (Fsp3) is 0.500. The van der Waals surface area contributed by atoms with Crippen LogP contribution < -0.4 is 19.7 Å². The van der Waals surface area contributed by atoms with Crippen molar-refractivity contribution in [3.63, 3.8) is 0 Å². The van der Waals surface area contributed by atoms with E-state index in [0.29, 0.717) is 30.3 Å². The highest BCUT2D eigenvalue weighted by Crippen LogP contribution is 2.41. The lowest BCUT2D eigenvalue weighted by Gasteiger charge is -2.29. The summed E-state index contributed by atoms with van der Waals surface area (Å²) in [7, 11) is 3.30. The van der Waals surface area contributed by atoms with Gasteiger partial charge in [0.1, 0.15) is 17.3 Å². The van der Waals surface area contributed by atoms with Gasteiger partial charge in [0.2, 0.25) is 5.91 Å². The molecule has 0 aromatic heterocycles. The van der Waals surface area contributed by atoms with Gasteiger partial charge in [-0.25, -0.2) is 0 Å². The number of methoxy groups -OCH3 is 1. The molecule has 8 nitrogen and oxygen atoms in total. The number of Topliss-reactive ketones (excluding diaryl/α,β-unsaturated/α-hetero) is 1. The van der Waals surface area contributed by atoms with Gasteiger partial charge in [-0.2, -0.15) is 0 Å².